The average Bonchev–Trinajstić information content (AvgIpc) is 3.14. The highest BCUT2D eigenvalue weighted by Gasteiger charge is 2.18. The van der Waals surface area contributed by atoms with Crippen LogP contribution in [0.25, 0.3) is 0 Å². The van der Waals surface area contributed by atoms with Crippen LogP contribution in [0.4, 0.5) is 5.69 Å². The topological polar surface area (TPSA) is 31.2 Å². The maximum absolute atomic E-state index is 4.94. The molecule has 1 aliphatic heterocycles. The lowest BCUT2D eigenvalue weighted by Gasteiger charge is -2.21. The first-order valence-electron chi connectivity index (χ1n) is 8.44. The molecule has 0 bridgehead atoms. The monoisotopic (exact) mass is 320 g/mol. The van der Waals surface area contributed by atoms with Crippen LogP contribution in [0, 0.1) is 0 Å². The molecule has 0 spiro atoms. The molecule has 2 aromatic carbocycles. The SMILES string of the molecule is CN(C)/C(=N\C(=Nc1ccccc1)N1CCCC1)c1ccccc1. The van der Waals surface area contributed by atoms with Crippen molar-refractivity contribution in [2.24, 2.45) is 9.98 Å². The second-order valence-corrected chi connectivity index (χ2v) is 6.14. The number of aliphatic imine (C=N–C) groups is 2. The number of nitrogens with zero attached hydrogens (tertiary/aromatic N) is 4. The summed E-state index contributed by atoms with van der Waals surface area (Å²) in [6.07, 6.45) is 2.40. The van der Waals surface area contributed by atoms with E-state index in [0.29, 0.717) is 0 Å². The summed E-state index contributed by atoms with van der Waals surface area (Å²) in [6.45, 7) is 2.04. The zero-order chi connectivity index (χ0) is 16.8. The summed E-state index contributed by atoms with van der Waals surface area (Å²) in [6, 6.07) is 20.3. The van der Waals surface area contributed by atoms with Gasteiger partial charge in [-0.2, -0.15) is 4.99 Å². The summed E-state index contributed by atoms with van der Waals surface area (Å²) >= 11 is 0. The Morgan fingerprint density at radius 1 is 0.875 bits per heavy atom. The Morgan fingerprint density at radius 2 is 1.46 bits per heavy atom. The molecule has 0 unspecified atom stereocenters. The maximum atomic E-state index is 4.94. The third-order valence-corrected chi connectivity index (χ3v) is 4.04. The summed E-state index contributed by atoms with van der Waals surface area (Å²) in [7, 11) is 4.05. The van der Waals surface area contributed by atoms with Gasteiger partial charge in [-0.15, -0.1) is 0 Å². The highest BCUT2D eigenvalue weighted by Crippen LogP contribution is 2.16. The van der Waals surface area contributed by atoms with Gasteiger partial charge in [0.1, 0.15) is 5.84 Å². The van der Waals surface area contributed by atoms with Gasteiger partial charge in [0, 0.05) is 32.7 Å². The number of para-hydroxylation sites is 1. The molecule has 0 radical (unpaired) electrons. The van der Waals surface area contributed by atoms with E-state index in [1.54, 1.807) is 0 Å². The molecule has 2 aromatic rings. The zero-order valence-electron chi connectivity index (χ0n) is 14.4. The number of benzene rings is 2. The maximum Gasteiger partial charge on any atom is 0.227 e. The summed E-state index contributed by atoms with van der Waals surface area (Å²) in [4.78, 5) is 14.1. The van der Waals surface area contributed by atoms with Crippen LogP contribution in [0.5, 0.6) is 0 Å². The number of likely N-dealkylation sites (tertiary alicyclic amines) is 1. The predicted molar refractivity (Wildman–Crippen MR) is 101 cm³/mol. The first kappa shape index (κ1) is 16.2. The van der Waals surface area contributed by atoms with Gasteiger partial charge in [-0.3, -0.25) is 0 Å². The van der Waals surface area contributed by atoms with Crippen LogP contribution in [0.15, 0.2) is 70.6 Å². The van der Waals surface area contributed by atoms with Crippen LogP contribution >= 0.6 is 0 Å². The Bertz CT molecular complexity index is 699. The molecule has 0 atom stereocenters. The normalized spacial score (nSPS) is 15.7. The fraction of sp³-hybridized carbons (Fsp3) is 0.300. The van der Waals surface area contributed by atoms with Gasteiger partial charge in [-0.1, -0.05) is 48.5 Å². The van der Waals surface area contributed by atoms with Crippen molar-refractivity contribution >= 4 is 17.5 Å². The van der Waals surface area contributed by atoms with E-state index in [1.165, 1.54) is 12.8 Å². The van der Waals surface area contributed by atoms with Gasteiger partial charge >= 0.3 is 0 Å². The largest absolute Gasteiger partial charge is 0.362 e. The average molecular weight is 320 g/mol. The Hall–Kier alpha value is -2.62. The first-order chi connectivity index (χ1) is 11.7. The van der Waals surface area contributed by atoms with E-state index in [-0.39, 0.29) is 0 Å². The molecule has 24 heavy (non-hydrogen) atoms. The Kier molecular flexibility index (Phi) is 5.26. The van der Waals surface area contributed by atoms with Crippen LogP contribution in [-0.2, 0) is 0 Å². The van der Waals surface area contributed by atoms with Crippen molar-refractivity contribution in [3.05, 3.63) is 66.2 Å². The summed E-state index contributed by atoms with van der Waals surface area (Å²) < 4.78 is 0. The molecule has 0 amide bonds. The van der Waals surface area contributed by atoms with Crippen molar-refractivity contribution < 1.29 is 0 Å². The molecule has 1 heterocycles. The molecule has 0 N–H and O–H groups in total. The van der Waals surface area contributed by atoms with E-state index in [4.69, 9.17) is 9.98 Å². The molecule has 0 saturated carbocycles. The van der Waals surface area contributed by atoms with Crippen molar-refractivity contribution in [3.8, 4) is 0 Å². The standard InChI is InChI=1S/C20H24N4/c1-23(2)19(17-11-5-3-6-12-17)22-20(24-15-9-10-16-24)21-18-13-7-4-8-14-18/h3-8,11-14H,9-10,15-16H2,1-2H3/b21-20?,22-19-. The number of guanidine groups is 1. The van der Waals surface area contributed by atoms with Gasteiger partial charge in [0.05, 0.1) is 5.69 Å². The second kappa shape index (κ2) is 7.77. The fourth-order valence-electron chi connectivity index (χ4n) is 2.81. The molecule has 1 saturated heterocycles. The summed E-state index contributed by atoms with van der Waals surface area (Å²) in [5.74, 6) is 1.73. The van der Waals surface area contributed by atoms with Crippen LogP contribution < -0.4 is 0 Å². The van der Waals surface area contributed by atoms with E-state index in [1.807, 2.05) is 67.5 Å². The quantitative estimate of drug-likeness (QED) is 0.623. The van der Waals surface area contributed by atoms with Crippen LogP contribution in [0.2, 0.25) is 0 Å². The molecular weight excluding hydrogens is 296 g/mol. The van der Waals surface area contributed by atoms with Crippen molar-refractivity contribution in [2.75, 3.05) is 27.2 Å². The highest BCUT2D eigenvalue weighted by atomic mass is 15.3. The van der Waals surface area contributed by atoms with E-state index in [2.05, 4.69) is 17.0 Å². The fourth-order valence-corrected chi connectivity index (χ4v) is 2.81. The van der Waals surface area contributed by atoms with Gasteiger partial charge in [-0.05, 0) is 25.0 Å². The Balaban J connectivity index is 2.02. The van der Waals surface area contributed by atoms with E-state index >= 15 is 0 Å². The minimum absolute atomic E-state index is 0.797. The Labute approximate surface area is 144 Å². The molecular formula is C20H24N4. The third-order valence-electron chi connectivity index (χ3n) is 4.04. The van der Waals surface area contributed by atoms with Crippen LogP contribution in [0.3, 0.4) is 0 Å². The van der Waals surface area contributed by atoms with E-state index < -0.39 is 0 Å². The predicted octanol–water partition coefficient (Wildman–Crippen LogP) is 3.78. The summed E-state index contributed by atoms with van der Waals surface area (Å²) in [5.41, 5.74) is 2.04. The lowest BCUT2D eigenvalue weighted by molar-refractivity contribution is 0.512. The van der Waals surface area contributed by atoms with Gasteiger partial charge < -0.3 is 9.80 Å². The highest BCUT2D eigenvalue weighted by molar-refractivity contribution is 6.06. The van der Waals surface area contributed by atoms with Crippen molar-refractivity contribution in [1.82, 2.24) is 9.80 Å². The lowest BCUT2D eigenvalue weighted by atomic mass is 10.2. The number of rotatable bonds is 2. The molecule has 1 aliphatic rings. The second-order valence-electron chi connectivity index (χ2n) is 6.14. The van der Waals surface area contributed by atoms with Crippen LogP contribution in [-0.4, -0.2) is 48.8 Å². The third kappa shape index (κ3) is 4.02. The number of amidine groups is 1. The minimum atomic E-state index is 0.797. The van der Waals surface area contributed by atoms with Crippen molar-refractivity contribution in [3.63, 3.8) is 0 Å². The van der Waals surface area contributed by atoms with E-state index in [9.17, 15) is 0 Å². The minimum Gasteiger partial charge on any atom is -0.362 e. The van der Waals surface area contributed by atoms with E-state index in [0.717, 1.165) is 36.1 Å². The molecule has 4 nitrogen and oxygen atoms in total. The Morgan fingerprint density at radius 3 is 2.04 bits per heavy atom. The molecule has 0 aromatic heterocycles. The number of hydrogen-bond donors (Lipinski definition) is 0. The van der Waals surface area contributed by atoms with Gasteiger partial charge in [0.25, 0.3) is 0 Å². The number of hydrogen-bond acceptors (Lipinski definition) is 1. The molecule has 1 fully saturated rings. The van der Waals surface area contributed by atoms with Crippen molar-refractivity contribution in [2.45, 2.75) is 12.8 Å². The molecule has 3 rings (SSSR count). The molecule has 124 valence electrons. The van der Waals surface area contributed by atoms with Crippen LogP contribution in [0.1, 0.15) is 18.4 Å². The lowest BCUT2D eigenvalue weighted by Crippen LogP contribution is -2.31. The van der Waals surface area contributed by atoms with Gasteiger partial charge in [0.2, 0.25) is 5.96 Å². The van der Waals surface area contributed by atoms with Gasteiger partial charge in [-0.25, -0.2) is 4.99 Å². The molecule has 4 heteroatoms. The van der Waals surface area contributed by atoms with Gasteiger partial charge in [0.15, 0.2) is 0 Å². The molecule has 0 aliphatic carbocycles. The zero-order valence-corrected chi connectivity index (χ0v) is 14.4. The smallest absolute Gasteiger partial charge is 0.227 e. The summed E-state index contributed by atoms with van der Waals surface area (Å²) in [5, 5.41) is 0. The first-order valence-corrected chi connectivity index (χ1v) is 8.44. The van der Waals surface area contributed by atoms with Crippen molar-refractivity contribution in [1.29, 1.82) is 0 Å².